The molecule has 1 heterocycles. The second-order valence-electron chi connectivity index (χ2n) is 6.64. The summed E-state index contributed by atoms with van der Waals surface area (Å²) in [5, 5.41) is 3.35. The fraction of sp³-hybridized carbons (Fsp3) is 0.350. The highest BCUT2D eigenvalue weighted by atomic mass is 16.5. The second-order valence-corrected chi connectivity index (χ2v) is 6.64. The number of benzene rings is 2. The normalized spacial score (nSPS) is 20.3. The molecule has 0 spiro atoms. The van der Waals surface area contributed by atoms with E-state index in [4.69, 9.17) is 10.5 Å². The molecule has 3 rings (SSSR count). The Morgan fingerprint density at radius 2 is 1.68 bits per heavy atom. The Bertz CT molecular complexity index is 703. The van der Waals surface area contributed by atoms with Gasteiger partial charge in [-0.1, -0.05) is 12.1 Å². The fourth-order valence-electron chi connectivity index (χ4n) is 3.10. The average molecular weight is 339 g/mol. The Labute approximate surface area is 148 Å². The summed E-state index contributed by atoms with van der Waals surface area (Å²) in [5.41, 5.74) is 9.30. The third kappa shape index (κ3) is 4.51. The predicted octanol–water partition coefficient (Wildman–Crippen LogP) is 3.13. The Morgan fingerprint density at radius 1 is 1.08 bits per heavy atom. The van der Waals surface area contributed by atoms with Crippen LogP contribution in [0.1, 0.15) is 29.8 Å². The van der Waals surface area contributed by atoms with Gasteiger partial charge in [0.2, 0.25) is 0 Å². The zero-order valence-corrected chi connectivity index (χ0v) is 14.7. The number of anilines is 2. The van der Waals surface area contributed by atoms with Crippen LogP contribution in [-0.4, -0.2) is 36.1 Å². The maximum absolute atomic E-state index is 12.7. The van der Waals surface area contributed by atoms with Gasteiger partial charge in [0.15, 0.2) is 0 Å². The smallest absolute Gasteiger partial charge is 0.254 e. The van der Waals surface area contributed by atoms with Crippen molar-refractivity contribution in [3.05, 3.63) is 59.7 Å². The molecule has 2 aromatic rings. The van der Waals surface area contributed by atoms with Gasteiger partial charge in [0.05, 0.1) is 12.2 Å². The molecule has 0 radical (unpaired) electrons. The molecule has 0 saturated carbocycles. The first kappa shape index (κ1) is 17.3. The molecular weight excluding hydrogens is 314 g/mol. The largest absolute Gasteiger partial charge is 0.399 e. The standard InChI is InChI=1S/C20H25N3O2/c1-14-12-23(13-15(2)25-14)20(24)17-5-9-19(10-6-17)22-11-16-3-7-18(21)8-4-16/h3-10,14-15,22H,11-13,21H2,1-2H3/t14-,15+. The van der Waals surface area contributed by atoms with Crippen molar-refractivity contribution in [3.8, 4) is 0 Å². The number of carbonyl (C=O) groups is 1. The molecule has 2 aromatic carbocycles. The van der Waals surface area contributed by atoms with Gasteiger partial charge < -0.3 is 20.7 Å². The fourth-order valence-corrected chi connectivity index (χ4v) is 3.10. The van der Waals surface area contributed by atoms with E-state index < -0.39 is 0 Å². The summed E-state index contributed by atoms with van der Waals surface area (Å²) < 4.78 is 5.69. The van der Waals surface area contributed by atoms with Crippen LogP contribution in [0.5, 0.6) is 0 Å². The van der Waals surface area contributed by atoms with Gasteiger partial charge in [0.25, 0.3) is 5.91 Å². The van der Waals surface area contributed by atoms with Crippen molar-refractivity contribution in [2.75, 3.05) is 24.1 Å². The maximum Gasteiger partial charge on any atom is 0.254 e. The van der Waals surface area contributed by atoms with Crippen molar-refractivity contribution >= 4 is 17.3 Å². The number of ether oxygens (including phenoxy) is 1. The summed E-state index contributed by atoms with van der Waals surface area (Å²) in [7, 11) is 0. The Kier molecular flexibility index (Phi) is 5.24. The number of carbonyl (C=O) groups excluding carboxylic acids is 1. The Balaban J connectivity index is 1.59. The van der Waals surface area contributed by atoms with Crippen LogP contribution >= 0.6 is 0 Å². The van der Waals surface area contributed by atoms with Crippen molar-refractivity contribution < 1.29 is 9.53 Å². The van der Waals surface area contributed by atoms with Crippen LogP contribution in [0.4, 0.5) is 11.4 Å². The van der Waals surface area contributed by atoms with Gasteiger partial charge in [0.1, 0.15) is 0 Å². The molecular formula is C20H25N3O2. The number of nitrogens with two attached hydrogens (primary N) is 1. The Hall–Kier alpha value is -2.53. The molecule has 1 aliphatic rings. The summed E-state index contributed by atoms with van der Waals surface area (Å²) in [4.78, 5) is 14.5. The van der Waals surface area contributed by atoms with E-state index in [2.05, 4.69) is 5.32 Å². The number of rotatable bonds is 4. The molecule has 5 heteroatoms. The molecule has 0 aliphatic carbocycles. The molecule has 3 N–H and O–H groups in total. The minimum Gasteiger partial charge on any atom is -0.399 e. The van der Waals surface area contributed by atoms with E-state index in [1.165, 1.54) is 0 Å². The first-order chi connectivity index (χ1) is 12.0. The SMILES string of the molecule is C[C@@H]1CN(C(=O)c2ccc(NCc3ccc(N)cc3)cc2)C[C@H](C)O1. The van der Waals surface area contributed by atoms with E-state index in [1.807, 2.05) is 67.3 Å². The molecule has 1 fully saturated rings. The van der Waals surface area contributed by atoms with Crippen LogP contribution in [0.2, 0.25) is 0 Å². The molecule has 0 bridgehead atoms. The summed E-state index contributed by atoms with van der Waals surface area (Å²) in [5.74, 6) is 0.0621. The lowest BCUT2D eigenvalue weighted by molar-refractivity contribution is -0.0586. The number of hydrogen-bond donors (Lipinski definition) is 2. The highest BCUT2D eigenvalue weighted by molar-refractivity contribution is 5.94. The number of amides is 1. The number of morpholine rings is 1. The Morgan fingerprint density at radius 3 is 2.28 bits per heavy atom. The molecule has 1 amide bonds. The quantitative estimate of drug-likeness (QED) is 0.840. The highest BCUT2D eigenvalue weighted by Gasteiger charge is 2.26. The summed E-state index contributed by atoms with van der Waals surface area (Å²) in [6, 6.07) is 15.4. The number of nitrogen functional groups attached to an aromatic ring is 1. The van der Waals surface area contributed by atoms with E-state index in [1.54, 1.807) is 0 Å². The van der Waals surface area contributed by atoms with E-state index in [9.17, 15) is 4.79 Å². The predicted molar refractivity (Wildman–Crippen MR) is 101 cm³/mol. The molecule has 2 atom stereocenters. The van der Waals surface area contributed by atoms with Crippen LogP contribution < -0.4 is 11.1 Å². The summed E-state index contributed by atoms with van der Waals surface area (Å²) >= 11 is 0. The van der Waals surface area contributed by atoms with Gasteiger partial charge in [-0.05, 0) is 55.8 Å². The van der Waals surface area contributed by atoms with Gasteiger partial charge in [0, 0.05) is 36.6 Å². The number of nitrogens with zero attached hydrogens (tertiary/aromatic N) is 1. The van der Waals surface area contributed by atoms with Gasteiger partial charge in [-0.3, -0.25) is 4.79 Å². The molecule has 0 unspecified atom stereocenters. The molecule has 5 nitrogen and oxygen atoms in total. The highest BCUT2D eigenvalue weighted by Crippen LogP contribution is 2.17. The van der Waals surface area contributed by atoms with Crippen molar-refractivity contribution in [2.24, 2.45) is 0 Å². The first-order valence-electron chi connectivity index (χ1n) is 8.64. The van der Waals surface area contributed by atoms with Gasteiger partial charge in [-0.25, -0.2) is 0 Å². The average Bonchev–Trinajstić information content (AvgIpc) is 2.60. The van der Waals surface area contributed by atoms with Gasteiger partial charge in [-0.15, -0.1) is 0 Å². The monoisotopic (exact) mass is 339 g/mol. The van der Waals surface area contributed by atoms with Gasteiger partial charge >= 0.3 is 0 Å². The lowest BCUT2D eigenvalue weighted by Gasteiger charge is -2.35. The number of hydrogen-bond acceptors (Lipinski definition) is 4. The van der Waals surface area contributed by atoms with Crippen LogP contribution in [-0.2, 0) is 11.3 Å². The van der Waals surface area contributed by atoms with Crippen molar-refractivity contribution in [1.82, 2.24) is 4.90 Å². The lowest BCUT2D eigenvalue weighted by atomic mass is 10.1. The van der Waals surface area contributed by atoms with E-state index in [0.29, 0.717) is 25.2 Å². The van der Waals surface area contributed by atoms with Gasteiger partial charge in [-0.2, -0.15) is 0 Å². The molecule has 0 aromatic heterocycles. The second kappa shape index (κ2) is 7.57. The maximum atomic E-state index is 12.7. The van der Waals surface area contributed by atoms with Crippen molar-refractivity contribution in [2.45, 2.75) is 32.6 Å². The molecule has 132 valence electrons. The summed E-state index contributed by atoms with van der Waals surface area (Å²) in [6.45, 7) is 5.99. The molecule has 1 aliphatic heterocycles. The lowest BCUT2D eigenvalue weighted by Crippen LogP contribution is -2.48. The zero-order valence-electron chi connectivity index (χ0n) is 14.7. The van der Waals surface area contributed by atoms with Crippen LogP contribution in [0, 0.1) is 0 Å². The van der Waals surface area contributed by atoms with Crippen LogP contribution in [0.15, 0.2) is 48.5 Å². The number of nitrogens with one attached hydrogen (secondary N) is 1. The zero-order chi connectivity index (χ0) is 17.8. The van der Waals surface area contributed by atoms with Crippen LogP contribution in [0.3, 0.4) is 0 Å². The first-order valence-corrected chi connectivity index (χ1v) is 8.64. The van der Waals surface area contributed by atoms with E-state index in [0.717, 1.165) is 16.9 Å². The topological polar surface area (TPSA) is 67.6 Å². The van der Waals surface area contributed by atoms with Crippen molar-refractivity contribution in [1.29, 1.82) is 0 Å². The van der Waals surface area contributed by atoms with E-state index in [-0.39, 0.29) is 18.1 Å². The minimum absolute atomic E-state index is 0.0621. The third-order valence-corrected chi connectivity index (χ3v) is 4.32. The minimum atomic E-state index is 0.0621. The third-order valence-electron chi connectivity index (χ3n) is 4.32. The molecule has 1 saturated heterocycles. The van der Waals surface area contributed by atoms with Crippen molar-refractivity contribution in [3.63, 3.8) is 0 Å². The van der Waals surface area contributed by atoms with E-state index >= 15 is 0 Å². The summed E-state index contributed by atoms with van der Waals surface area (Å²) in [6.07, 6.45) is 0.155. The van der Waals surface area contributed by atoms with Crippen LogP contribution in [0.25, 0.3) is 0 Å². The molecule has 25 heavy (non-hydrogen) atoms.